The summed E-state index contributed by atoms with van der Waals surface area (Å²) in [6.45, 7) is 0. The summed E-state index contributed by atoms with van der Waals surface area (Å²) in [5, 5.41) is 10.5. The molecule has 2 amide bonds. The Morgan fingerprint density at radius 2 is 2.27 bits per heavy atom. The number of carbonyl (C=O) groups excluding carboxylic acids is 2. The van der Waals surface area contributed by atoms with Crippen molar-refractivity contribution < 1.29 is 9.59 Å². The highest BCUT2D eigenvalue weighted by atomic mass is 16.2. The minimum absolute atomic E-state index is 0.105. The first kappa shape index (κ1) is 7.69. The zero-order chi connectivity index (χ0) is 8.48. The molecular weight excluding hydrogens is 146 g/mol. The van der Waals surface area contributed by atoms with Gasteiger partial charge in [0.15, 0.2) is 5.54 Å². The summed E-state index contributed by atoms with van der Waals surface area (Å²) in [6.07, 6.45) is 0.240. The van der Waals surface area contributed by atoms with Gasteiger partial charge in [-0.2, -0.15) is 5.26 Å². The van der Waals surface area contributed by atoms with Crippen LogP contribution in [0.2, 0.25) is 0 Å². The second-order valence-electron chi connectivity index (χ2n) is 2.46. The van der Waals surface area contributed by atoms with Crippen LogP contribution in [0.15, 0.2) is 0 Å². The largest absolute Gasteiger partial charge is 0.305 e. The zero-order valence-corrected chi connectivity index (χ0v) is 5.76. The monoisotopic (exact) mass is 153 g/mol. The Balaban J connectivity index is 2.82. The number of nitrogens with two attached hydrogens (primary N) is 1. The standard InChI is InChI=1S/C6H7N3O2/c7-3-6(8)2-1-4(10)9-5(6)11/h1-2,8H2,(H,9,10,11). The molecule has 0 saturated carbocycles. The Kier molecular flexibility index (Phi) is 1.63. The van der Waals surface area contributed by atoms with Gasteiger partial charge in [-0.25, -0.2) is 0 Å². The van der Waals surface area contributed by atoms with Crippen LogP contribution >= 0.6 is 0 Å². The maximum atomic E-state index is 10.9. The number of nitrogens with one attached hydrogen (secondary N) is 1. The molecule has 0 spiro atoms. The Morgan fingerprint density at radius 1 is 1.64 bits per heavy atom. The fourth-order valence-corrected chi connectivity index (χ4v) is 0.832. The SMILES string of the molecule is N#CC1(N)CCC(=O)NC1=O. The Labute approximate surface area is 63.2 Å². The lowest BCUT2D eigenvalue weighted by atomic mass is 9.92. The number of imide groups is 1. The van der Waals surface area contributed by atoms with Crippen molar-refractivity contribution in [3.8, 4) is 6.07 Å². The van der Waals surface area contributed by atoms with Crippen molar-refractivity contribution in [1.29, 1.82) is 5.26 Å². The van der Waals surface area contributed by atoms with Gasteiger partial charge in [0, 0.05) is 6.42 Å². The van der Waals surface area contributed by atoms with E-state index >= 15 is 0 Å². The van der Waals surface area contributed by atoms with E-state index < -0.39 is 11.4 Å². The molecule has 5 heteroatoms. The van der Waals surface area contributed by atoms with E-state index in [1.807, 2.05) is 5.32 Å². The van der Waals surface area contributed by atoms with E-state index in [4.69, 9.17) is 11.0 Å². The van der Waals surface area contributed by atoms with Gasteiger partial charge in [0.2, 0.25) is 5.91 Å². The van der Waals surface area contributed by atoms with E-state index in [1.165, 1.54) is 0 Å². The molecule has 1 aliphatic rings. The number of nitriles is 1. The predicted octanol–water partition coefficient (Wildman–Crippen LogP) is -1.36. The molecule has 0 aliphatic carbocycles. The van der Waals surface area contributed by atoms with Crippen LogP contribution in [0.25, 0.3) is 0 Å². The van der Waals surface area contributed by atoms with Gasteiger partial charge in [0.05, 0.1) is 6.07 Å². The van der Waals surface area contributed by atoms with E-state index in [-0.39, 0.29) is 18.7 Å². The van der Waals surface area contributed by atoms with Gasteiger partial charge in [-0.1, -0.05) is 0 Å². The summed E-state index contributed by atoms with van der Waals surface area (Å²) in [7, 11) is 0. The molecule has 1 fully saturated rings. The van der Waals surface area contributed by atoms with Gasteiger partial charge in [-0.3, -0.25) is 14.9 Å². The lowest BCUT2D eigenvalue weighted by Crippen LogP contribution is -2.58. The lowest BCUT2D eigenvalue weighted by molar-refractivity contribution is -0.135. The lowest BCUT2D eigenvalue weighted by Gasteiger charge is -2.23. The van der Waals surface area contributed by atoms with E-state index in [0.29, 0.717) is 0 Å². The van der Waals surface area contributed by atoms with E-state index in [0.717, 1.165) is 0 Å². The molecule has 0 aromatic heterocycles. The summed E-state index contributed by atoms with van der Waals surface area (Å²) in [6, 6.07) is 1.66. The maximum Gasteiger partial charge on any atom is 0.261 e. The maximum absolute atomic E-state index is 10.9. The number of nitrogens with zero attached hydrogens (tertiary/aromatic N) is 1. The molecule has 58 valence electrons. The molecule has 3 N–H and O–H groups in total. The molecule has 5 nitrogen and oxygen atoms in total. The smallest absolute Gasteiger partial charge is 0.261 e. The zero-order valence-electron chi connectivity index (χ0n) is 5.76. The van der Waals surface area contributed by atoms with Crippen molar-refractivity contribution in [2.24, 2.45) is 5.73 Å². The molecule has 1 saturated heterocycles. The number of hydrogen-bond acceptors (Lipinski definition) is 4. The fraction of sp³-hybridized carbons (Fsp3) is 0.500. The molecule has 0 aromatic carbocycles. The first-order chi connectivity index (χ1) is 5.08. The van der Waals surface area contributed by atoms with E-state index in [1.54, 1.807) is 6.07 Å². The highest BCUT2D eigenvalue weighted by Gasteiger charge is 2.39. The summed E-state index contributed by atoms with van der Waals surface area (Å²) in [4.78, 5) is 21.5. The van der Waals surface area contributed by atoms with Crippen LogP contribution in [0.5, 0.6) is 0 Å². The number of carbonyl (C=O) groups is 2. The second-order valence-corrected chi connectivity index (χ2v) is 2.46. The molecule has 0 radical (unpaired) electrons. The Morgan fingerprint density at radius 3 is 2.73 bits per heavy atom. The van der Waals surface area contributed by atoms with Gasteiger partial charge < -0.3 is 5.73 Å². The summed E-state index contributed by atoms with van der Waals surface area (Å²) >= 11 is 0. The van der Waals surface area contributed by atoms with E-state index in [9.17, 15) is 9.59 Å². The van der Waals surface area contributed by atoms with Crippen molar-refractivity contribution in [3.05, 3.63) is 0 Å². The Hall–Kier alpha value is -1.41. The first-order valence-electron chi connectivity index (χ1n) is 3.13. The third-order valence-electron chi connectivity index (χ3n) is 1.60. The molecule has 1 heterocycles. The van der Waals surface area contributed by atoms with Gasteiger partial charge >= 0.3 is 0 Å². The van der Waals surface area contributed by atoms with Crippen molar-refractivity contribution in [3.63, 3.8) is 0 Å². The molecule has 1 unspecified atom stereocenters. The predicted molar refractivity (Wildman–Crippen MR) is 34.9 cm³/mol. The highest BCUT2D eigenvalue weighted by molar-refractivity contribution is 6.04. The van der Waals surface area contributed by atoms with Gasteiger partial charge in [-0.15, -0.1) is 0 Å². The first-order valence-corrected chi connectivity index (χ1v) is 3.13. The van der Waals surface area contributed by atoms with Crippen LogP contribution in [0, 0.1) is 11.3 Å². The summed E-state index contributed by atoms with van der Waals surface area (Å²) in [5.74, 6) is -1.07. The molecule has 1 atom stereocenters. The number of piperidine rings is 1. The molecule has 1 rings (SSSR count). The normalized spacial score (nSPS) is 30.9. The van der Waals surface area contributed by atoms with Crippen LogP contribution in [0.3, 0.4) is 0 Å². The minimum Gasteiger partial charge on any atom is -0.305 e. The van der Waals surface area contributed by atoms with Crippen molar-refractivity contribution in [2.75, 3.05) is 0 Å². The quantitative estimate of drug-likeness (QED) is 0.420. The topological polar surface area (TPSA) is 96.0 Å². The van der Waals surface area contributed by atoms with Crippen LogP contribution in [0.4, 0.5) is 0 Å². The van der Waals surface area contributed by atoms with Crippen LogP contribution in [-0.4, -0.2) is 17.4 Å². The molecule has 0 bridgehead atoms. The number of hydrogen-bond donors (Lipinski definition) is 2. The molecule has 0 aromatic rings. The van der Waals surface area contributed by atoms with Crippen molar-refractivity contribution in [2.45, 2.75) is 18.4 Å². The number of rotatable bonds is 0. The highest BCUT2D eigenvalue weighted by Crippen LogP contribution is 2.13. The third kappa shape index (κ3) is 1.21. The average molecular weight is 153 g/mol. The van der Waals surface area contributed by atoms with Crippen LogP contribution < -0.4 is 11.1 Å². The van der Waals surface area contributed by atoms with Crippen LogP contribution in [0.1, 0.15) is 12.8 Å². The Bertz CT molecular complexity index is 255. The van der Waals surface area contributed by atoms with Crippen molar-refractivity contribution in [1.82, 2.24) is 5.32 Å². The molecule has 1 aliphatic heterocycles. The molecular formula is C6H7N3O2. The van der Waals surface area contributed by atoms with Gasteiger partial charge in [0.25, 0.3) is 5.91 Å². The summed E-state index contributed by atoms with van der Waals surface area (Å²) < 4.78 is 0. The van der Waals surface area contributed by atoms with E-state index in [2.05, 4.69) is 0 Å². The second kappa shape index (κ2) is 2.32. The van der Waals surface area contributed by atoms with Crippen LogP contribution in [-0.2, 0) is 9.59 Å². The third-order valence-corrected chi connectivity index (χ3v) is 1.60. The molecule has 11 heavy (non-hydrogen) atoms. The average Bonchev–Trinajstić information content (AvgIpc) is 1.98. The minimum atomic E-state index is -1.51. The fourth-order valence-electron chi connectivity index (χ4n) is 0.832. The van der Waals surface area contributed by atoms with Crippen molar-refractivity contribution >= 4 is 11.8 Å². The summed E-state index contributed by atoms with van der Waals surface area (Å²) in [5.41, 5.74) is 3.83. The van der Waals surface area contributed by atoms with Gasteiger partial charge in [0.1, 0.15) is 0 Å². The number of amides is 2. The van der Waals surface area contributed by atoms with Gasteiger partial charge in [-0.05, 0) is 6.42 Å².